The molecule has 0 spiro atoms. The Morgan fingerprint density at radius 3 is 2.88 bits per heavy atom. The van der Waals surface area contributed by atoms with Gasteiger partial charge in [-0.05, 0) is 44.0 Å². The van der Waals surface area contributed by atoms with Crippen molar-refractivity contribution in [1.29, 1.82) is 0 Å². The van der Waals surface area contributed by atoms with Crippen molar-refractivity contribution in [1.82, 2.24) is 20.1 Å². The second-order valence-corrected chi connectivity index (χ2v) is 6.73. The van der Waals surface area contributed by atoms with Gasteiger partial charge in [-0.15, -0.1) is 10.2 Å². The number of hydrogen-bond donors (Lipinski definition) is 1. The Labute approximate surface area is 151 Å². The Bertz CT molecular complexity index is 711. The molecule has 2 heterocycles. The Kier molecular flexibility index (Phi) is 5.93. The number of rotatable bonds is 7. The zero-order valence-corrected chi connectivity index (χ0v) is 15.2. The molecule has 0 bridgehead atoms. The summed E-state index contributed by atoms with van der Waals surface area (Å²) in [7, 11) is 1.63. The number of aromatic nitrogens is 3. The van der Waals surface area contributed by atoms with Gasteiger partial charge in [0.2, 0.25) is 5.91 Å². The van der Waals surface area contributed by atoms with E-state index in [1.807, 2.05) is 35.8 Å². The maximum atomic E-state index is 12.0. The van der Waals surface area contributed by atoms with Crippen LogP contribution in [0.4, 0.5) is 0 Å². The molecule has 1 saturated heterocycles. The number of methoxy groups -OCH3 is 1. The molecule has 1 fully saturated rings. The minimum absolute atomic E-state index is 0.0255. The lowest BCUT2D eigenvalue weighted by molar-refractivity contribution is -0.119. The minimum Gasteiger partial charge on any atom is -0.497 e. The molecule has 0 saturated carbocycles. The largest absolute Gasteiger partial charge is 0.497 e. The number of aryl methyl sites for hydroxylation is 1. The average molecular weight is 362 g/mol. The molecule has 134 valence electrons. The van der Waals surface area contributed by atoms with Gasteiger partial charge in [0.05, 0.1) is 19.0 Å². The van der Waals surface area contributed by atoms with Crippen LogP contribution in [0.1, 0.15) is 18.7 Å². The SMILES string of the molecule is COc1ccc(-n2c(C)nnc2SCC(=O)NCC2CCCO2)cc1. The Morgan fingerprint density at radius 2 is 2.20 bits per heavy atom. The molecule has 3 rings (SSSR count). The number of ether oxygens (including phenoxy) is 2. The highest BCUT2D eigenvalue weighted by Crippen LogP contribution is 2.23. The number of nitrogens with one attached hydrogen (secondary N) is 1. The van der Waals surface area contributed by atoms with E-state index in [-0.39, 0.29) is 12.0 Å². The minimum atomic E-state index is -0.0255. The van der Waals surface area contributed by atoms with Crippen LogP contribution in [-0.4, -0.2) is 52.8 Å². The number of benzene rings is 1. The van der Waals surface area contributed by atoms with E-state index in [0.29, 0.717) is 17.5 Å². The van der Waals surface area contributed by atoms with Gasteiger partial charge in [-0.2, -0.15) is 0 Å². The maximum absolute atomic E-state index is 12.0. The fraction of sp³-hybridized carbons (Fsp3) is 0.471. The highest BCUT2D eigenvalue weighted by atomic mass is 32.2. The fourth-order valence-electron chi connectivity index (χ4n) is 2.68. The first-order chi connectivity index (χ1) is 12.2. The van der Waals surface area contributed by atoms with Gasteiger partial charge in [-0.3, -0.25) is 9.36 Å². The van der Waals surface area contributed by atoms with Crippen molar-refractivity contribution in [2.24, 2.45) is 0 Å². The van der Waals surface area contributed by atoms with Crippen LogP contribution < -0.4 is 10.1 Å². The van der Waals surface area contributed by atoms with Gasteiger partial charge in [0.25, 0.3) is 0 Å². The van der Waals surface area contributed by atoms with Crippen LogP contribution in [-0.2, 0) is 9.53 Å². The molecule has 1 aliphatic heterocycles. The molecule has 1 unspecified atom stereocenters. The number of nitrogens with zero attached hydrogens (tertiary/aromatic N) is 3. The van der Waals surface area contributed by atoms with Crippen molar-refractivity contribution >= 4 is 17.7 Å². The molecule has 1 aromatic carbocycles. The van der Waals surface area contributed by atoms with Crippen LogP contribution in [0.2, 0.25) is 0 Å². The standard InChI is InChI=1S/C17H22N4O3S/c1-12-19-20-17(21(12)13-5-7-14(23-2)8-6-13)25-11-16(22)18-10-15-4-3-9-24-15/h5-8,15H,3-4,9-11H2,1-2H3,(H,18,22). The number of thioether (sulfide) groups is 1. The normalized spacial score (nSPS) is 16.8. The van der Waals surface area contributed by atoms with Crippen LogP contribution in [0.5, 0.6) is 5.75 Å². The van der Waals surface area contributed by atoms with Crippen LogP contribution in [0, 0.1) is 6.92 Å². The van der Waals surface area contributed by atoms with Crippen LogP contribution in [0.3, 0.4) is 0 Å². The van der Waals surface area contributed by atoms with E-state index in [0.717, 1.165) is 36.7 Å². The van der Waals surface area contributed by atoms with Gasteiger partial charge >= 0.3 is 0 Å². The molecule has 8 heteroatoms. The molecule has 1 amide bonds. The second-order valence-electron chi connectivity index (χ2n) is 5.79. The third kappa shape index (κ3) is 4.52. The summed E-state index contributed by atoms with van der Waals surface area (Å²) in [5.41, 5.74) is 0.936. The Balaban J connectivity index is 1.59. The maximum Gasteiger partial charge on any atom is 0.230 e. The third-order valence-electron chi connectivity index (χ3n) is 4.01. The summed E-state index contributed by atoms with van der Waals surface area (Å²) in [6.45, 7) is 3.25. The van der Waals surface area contributed by atoms with Crippen molar-refractivity contribution in [3.63, 3.8) is 0 Å². The quantitative estimate of drug-likeness (QED) is 0.759. The lowest BCUT2D eigenvalue weighted by atomic mass is 10.2. The number of amides is 1. The molecule has 2 aromatic rings. The lowest BCUT2D eigenvalue weighted by Crippen LogP contribution is -2.32. The first-order valence-electron chi connectivity index (χ1n) is 8.25. The lowest BCUT2D eigenvalue weighted by Gasteiger charge is -2.11. The van der Waals surface area contributed by atoms with Gasteiger partial charge in [-0.25, -0.2) is 0 Å². The second kappa shape index (κ2) is 8.35. The van der Waals surface area contributed by atoms with Crippen molar-refractivity contribution in [3.05, 3.63) is 30.1 Å². The van der Waals surface area contributed by atoms with E-state index in [9.17, 15) is 4.79 Å². The fourth-order valence-corrected chi connectivity index (χ4v) is 3.51. The van der Waals surface area contributed by atoms with Crippen molar-refractivity contribution in [2.45, 2.75) is 31.0 Å². The number of hydrogen-bond acceptors (Lipinski definition) is 6. The molecule has 1 aliphatic rings. The predicted octanol–water partition coefficient (Wildman–Crippen LogP) is 1.97. The van der Waals surface area contributed by atoms with Crippen LogP contribution in [0.15, 0.2) is 29.4 Å². The van der Waals surface area contributed by atoms with Crippen molar-refractivity contribution in [2.75, 3.05) is 26.0 Å². The monoisotopic (exact) mass is 362 g/mol. The topological polar surface area (TPSA) is 78.3 Å². The van der Waals surface area contributed by atoms with Gasteiger partial charge in [0.1, 0.15) is 11.6 Å². The predicted molar refractivity (Wildman–Crippen MR) is 95.4 cm³/mol. The van der Waals surface area contributed by atoms with Crippen molar-refractivity contribution in [3.8, 4) is 11.4 Å². The summed E-state index contributed by atoms with van der Waals surface area (Å²) < 4.78 is 12.6. The Morgan fingerprint density at radius 1 is 1.40 bits per heavy atom. The van der Waals surface area contributed by atoms with Gasteiger partial charge in [-0.1, -0.05) is 11.8 Å². The highest BCUT2D eigenvalue weighted by molar-refractivity contribution is 7.99. The molecule has 7 nitrogen and oxygen atoms in total. The molecular weight excluding hydrogens is 340 g/mol. The van der Waals surface area contributed by atoms with Gasteiger partial charge in [0.15, 0.2) is 5.16 Å². The smallest absolute Gasteiger partial charge is 0.230 e. The van der Waals surface area contributed by atoms with Crippen LogP contribution >= 0.6 is 11.8 Å². The van der Waals surface area contributed by atoms with Crippen molar-refractivity contribution < 1.29 is 14.3 Å². The zero-order valence-electron chi connectivity index (χ0n) is 14.4. The molecule has 0 radical (unpaired) electrons. The number of carbonyl (C=O) groups excluding carboxylic acids is 1. The first-order valence-corrected chi connectivity index (χ1v) is 9.23. The summed E-state index contributed by atoms with van der Waals surface area (Å²) in [5.74, 6) is 1.83. The first kappa shape index (κ1) is 17.8. The third-order valence-corrected chi connectivity index (χ3v) is 4.94. The summed E-state index contributed by atoms with van der Waals surface area (Å²) in [6.07, 6.45) is 2.23. The molecule has 0 aliphatic carbocycles. The van der Waals surface area contributed by atoms with E-state index in [2.05, 4.69) is 15.5 Å². The molecule has 25 heavy (non-hydrogen) atoms. The molecule has 1 aromatic heterocycles. The van der Waals surface area contributed by atoms with E-state index >= 15 is 0 Å². The summed E-state index contributed by atoms with van der Waals surface area (Å²) in [5, 5.41) is 11.9. The van der Waals surface area contributed by atoms with E-state index in [1.165, 1.54) is 11.8 Å². The number of carbonyl (C=O) groups is 1. The van der Waals surface area contributed by atoms with Crippen LogP contribution in [0.25, 0.3) is 5.69 Å². The van der Waals surface area contributed by atoms with Gasteiger partial charge in [0, 0.05) is 18.8 Å². The summed E-state index contributed by atoms with van der Waals surface area (Å²) >= 11 is 1.37. The summed E-state index contributed by atoms with van der Waals surface area (Å²) in [4.78, 5) is 12.0. The van der Waals surface area contributed by atoms with E-state index < -0.39 is 0 Å². The summed E-state index contributed by atoms with van der Waals surface area (Å²) in [6, 6.07) is 7.66. The molecule has 1 atom stereocenters. The van der Waals surface area contributed by atoms with Gasteiger partial charge < -0.3 is 14.8 Å². The molecular formula is C17H22N4O3S. The van der Waals surface area contributed by atoms with E-state index in [1.54, 1.807) is 7.11 Å². The average Bonchev–Trinajstić information content (AvgIpc) is 3.28. The highest BCUT2D eigenvalue weighted by Gasteiger charge is 2.17. The Hall–Kier alpha value is -2.06. The zero-order chi connectivity index (χ0) is 17.6. The van der Waals surface area contributed by atoms with E-state index in [4.69, 9.17) is 9.47 Å². The molecule has 1 N–H and O–H groups in total.